The zero-order valence-electron chi connectivity index (χ0n) is 14.9. The predicted octanol–water partition coefficient (Wildman–Crippen LogP) is 4.55. The first kappa shape index (κ1) is 18.2. The Bertz CT molecular complexity index is 860. The fourth-order valence-electron chi connectivity index (χ4n) is 2.73. The van der Waals surface area contributed by atoms with Crippen molar-refractivity contribution in [3.8, 4) is 22.5 Å². The molecule has 0 saturated heterocycles. The minimum atomic E-state index is -0.477. The minimum absolute atomic E-state index is 0.204. The van der Waals surface area contributed by atoms with E-state index in [9.17, 15) is 8.78 Å². The molecule has 1 aromatic heterocycles. The van der Waals surface area contributed by atoms with Crippen LogP contribution in [0.25, 0.3) is 22.5 Å². The second-order valence-corrected chi connectivity index (χ2v) is 6.70. The average molecular weight is 356 g/mol. The monoisotopic (exact) mass is 356 g/mol. The van der Waals surface area contributed by atoms with Crippen LogP contribution in [-0.2, 0) is 6.54 Å². The van der Waals surface area contributed by atoms with E-state index >= 15 is 0 Å². The molecule has 0 aliphatic carbocycles. The lowest BCUT2D eigenvalue weighted by molar-refractivity contribution is 0.536. The van der Waals surface area contributed by atoms with E-state index in [1.165, 1.54) is 18.5 Å². The van der Waals surface area contributed by atoms with E-state index in [0.29, 0.717) is 23.9 Å². The number of aromatic amines is 1. The van der Waals surface area contributed by atoms with Gasteiger partial charge in [0.15, 0.2) is 5.82 Å². The summed E-state index contributed by atoms with van der Waals surface area (Å²) >= 11 is 0. The smallest absolute Gasteiger partial charge is 0.155 e. The van der Waals surface area contributed by atoms with Crippen LogP contribution in [0.4, 0.5) is 8.78 Å². The summed E-state index contributed by atoms with van der Waals surface area (Å²) in [6, 6.07) is 9.38. The van der Waals surface area contributed by atoms with E-state index < -0.39 is 11.6 Å². The van der Waals surface area contributed by atoms with Crippen LogP contribution >= 0.6 is 0 Å². The number of halogens is 2. The Morgan fingerprint density at radius 2 is 1.88 bits per heavy atom. The maximum atomic E-state index is 14.6. The van der Waals surface area contributed by atoms with Crippen LogP contribution in [-0.4, -0.2) is 21.7 Å². The molecule has 0 saturated carbocycles. The van der Waals surface area contributed by atoms with Gasteiger partial charge < -0.3 is 5.32 Å². The molecule has 1 heterocycles. The van der Waals surface area contributed by atoms with E-state index in [2.05, 4.69) is 34.3 Å². The van der Waals surface area contributed by atoms with Crippen molar-refractivity contribution in [3.05, 3.63) is 59.9 Å². The van der Waals surface area contributed by atoms with E-state index in [-0.39, 0.29) is 11.1 Å². The zero-order chi connectivity index (χ0) is 18.5. The molecule has 6 heteroatoms. The molecular weight excluding hydrogens is 334 g/mol. The number of hydrogen-bond donors (Lipinski definition) is 2. The topological polar surface area (TPSA) is 53.6 Å². The summed E-state index contributed by atoms with van der Waals surface area (Å²) < 4.78 is 28.9. The van der Waals surface area contributed by atoms with Crippen LogP contribution in [0.15, 0.2) is 42.7 Å². The van der Waals surface area contributed by atoms with Gasteiger partial charge in [-0.1, -0.05) is 26.0 Å². The molecule has 0 atom stereocenters. The van der Waals surface area contributed by atoms with Gasteiger partial charge >= 0.3 is 0 Å². The van der Waals surface area contributed by atoms with Crippen LogP contribution in [0, 0.1) is 17.6 Å². The van der Waals surface area contributed by atoms with E-state index in [1.807, 2.05) is 6.07 Å². The molecule has 3 aromatic rings. The number of benzene rings is 2. The second kappa shape index (κ2) is 8.19. The number of hydrogen-bond acceptors (Lipinski definition) is 3. The Hall–Kier alpha value is -2.60. The Balaban J connectivity index is 1.80. The minimum Gasteiger partial charge on any atom is -0.313 e. The Morgan fingerprint density at radius 3 is 2.58 bits per heavy atom. The van der Waals surface area contributed by atoms with Crippen LogP contribution in [0.3, 0.4) is 0 Å². The molecular formula is C20H22F2N4. The largest absolute Gasteiger partial charge is 0.313 e. The highest BCUT2D eigenvalue weighted by atomic mass is 19.1. The van der Waals surface area contributed by atoms with Gasteiger partial charge in [0.05, 0.1) is 0 Å². The van der Waals surface area contributed by atoms with Gasteiger partial charge in [0.1, 0.15) is 18.0 Å². The predicted molar refractivity (Wildman–Crippen MR) is 98.3 cm³/mol. The van der Waals surface area contributed by atoms with Crippen molar-refractivity contribution < 1.29 is 8.78 Å². The highest BCUT2D eigenvalue weighted by Gasteiger charge is 2.13. The molecule has 0 bridgehead atoms. The normalized spacial score (nSPS) is 11.3. The molecule has 4 nitrogen and oxygen atoms in total. The van der Waals surface area contributed by atoms with E-state index in [0.717, 1.165) is 18.5 Å². The molecule has 0 spiro atoms. The van der Waals surface area contributed by atoms with Gasteiger partial charge in [-0.15, -0.1) is 0 Å². The Morgan fingerprint density at radius 1 is 1.04 bits per heavy atom. The summed E-state index contributed by atoms with van der Waals surface area (Å²) in [5, 5.41) is 9.81. The molecule has 3 rings (SSSR count). The van der Waals surface area contributed by atoms with Crippen molar-refractivity contribution in [2.45, 2.75) is 26.8 Å². The quantitative estimate of drug-likeness (QED) is 0.611. The molecule has 0 unspecified atom stereocenters. The number of nitrogens with zero attached hydrogens (tertiary/aromatic N) is 2. The van der Waals surface area contributed by atoms with Crippen LogP contribution in [0.1, 0.15) is 25.8 Å². The van der Waals surface area contributed by atoms with Gasteiger partial charge in [-0.25, -0.2) is 13.8 Å². The van der Waals surface area contributed by atoms with Crippen LogP contribution in [0.2, 0.25) is 0 Å². The van der Waals surface area contributed by atoms with Gasteiger partial charge in [0.25, 0.3) is 0 Å². The van der Waals surface area contributed by atoms with E-state index in [1.54, 1.807) is 18.2 Å². The third-order valence-corrected chi connectivity index (χ3v) is 4.21. The van der Waals surface area contributed by atoms with Crippen LogP contribution in [0.5, 0.6) is 0 Å². The molecule has 26 heavy (non-hydrogen) atoms. The van der Waals surface area contributed by atoms with Gasteiger partial charge in [0, 0.05) is 23.2 Å². The van der Waals surface area contributed by atoms with Crippen molar-refractivity contribution in [2.75, 3.05) is 6.54 Å². The maximum absolute atomic E-state index is 14.6. The van der Waals surface area contributed by atoms with Crippen molar-refractivity contribution in [3.63, 3.8) is 0 Å². The zero-order valence-corrected chi connectivity index (χ0v) is 14.9. The van der Waals surface area contributed by atoms with Gasteiger partial charge in [-0.2, -0.15) is 5.10 Å². The molecule has 0 radical (unpaired) electrons. The van der Waals surface area contributed by atoms with Crippen molar-refractivity contribution in [1.29, 1.82) is 0 Å². The van der Waals surface area contributed by atoms with Gasteiger partial charge in [-0.05, 0) is 48.7 Å². The number of aromatic nitrogens is 3. The molecule has 0 aliphatic heterocycles. The van der Waals surface area contributed by atoms with Crippen molar-refractivity contribution >= 4 is 0 Å². The van der Waals surface area contributed by atoms with Crippen molar-refractivity contribution in [1.82, 2.24) is 20.5 Å². The van der Waals surface area contributed by atoms with Gasteiger partial charge in [0.2, 0.25) is 0 Å². The summed E-state index contributed by atoms with van der Waals surface area (Å²) in [5.74, 6) is 0.218. The Kier molecular flexibility index (Phi) is 5.73. The van der Waals surface area contributed by atoms with Crippen molar-refractivity contribution in [2.24, 2.45) is 5.92 Å². The number of H-pyrrole nitrogens is 1. The molecule has 136 valence electrons. The molecule has 0 fully saturated rings. The maximum Gasteiger partial charge on any atom is 0.155 e. The molecule has 2 aromatic carbocycles. The summed E-state index contributed by atoms with van der Waals surface area (Å²) in [4.78, 5) is 4.05. The molecule has 0 aliphatic rings. The first-order chi connectivity index (χ1) is 12.5. The summed E-state index contributed by atoms with van der Waals surface area (Å²) in [5.41, 5.74) is 1.92. The summed E-state index contributed by atoms with van der Waals surface area (Å²) in [6.07, 6.45) is 2.44. The molecule has 0 amide bonds. The first-order valence-electron chi connectivity index (χ1n) is 8.69. The molecule has 2 N–H and O–H groups in total. The lowest BCUT2D eigenvalue weighted by Crippen LogP contribution is -2.16. The average Bonchev–Trinajstić information content (AvgIpc) is 3.14. The Labute approximate surface area is 151 Å². The van der Waals surface area contributed by atoms with Gasteiger partial charge in [-0.3, -0.25) is 5.10 Å². The third-order valence-electron chi connectivity index (χ3n) is 4.21. The second-order valence-electron chi connectivity index (χ2n) is 6.70. The first-order valence-corrected chi connectivity index (χ1v) is 8.69. The fourth-order valence-corrected chi connectivity index (χ4v) is 2.73. The lowest BCUT2D eigenvalue weighted by Gasteiger charge is -2.10. The summed E-state index contributed by atoms with van der Waals surface area (Å²) in [7, 11) is 0. The number of rotatable bonds is 7. The number of nitrogens with one attached hydrogen (secondary N) is 2. The summed E-state index contributed by atoms with van der Waals surface area (Å²) in [6.45, 7) is 5.80. The highest BCUT2D eigenvalue weighted by Crippen LogP contribution is 2.29. The fraction of sp³-hybridized carbons (Fsp3) is 0.300. The SMILES string of the molecule is CC(C)CCNCc1ccc(-c2cc(-c3ncn[nH]3)ccc2F)c(F)c1. The lowest BCUT2D eigenvalue weighted by atomic mass is 10.00. The standard InChI is InChI=1S/C20H22F2N4/c1-13(2)7-8-23-11-14-3-5-16(19(22)9-14)17-10-15(4-6-18(17)21)20-24-12-25-26-20/h3-6,9-10,12-13,23H,7-8,11H2,1-2H3,(H,24,25,26). The third kappa shape index (κ3) is 4.32. The van der Waals surface area contributed by atoms with Crippen LogP contribution < -0.4 is 5.32 Å². The van der Waals surface area contributed by atoms with E-state index in [4.69, 9.17) is 0 Å². The highest BCUT2D eigenvalue weighted by molar-refractivity contribution is 5.71.